The smallest absolute Gasteiger partial charge is 0.0900 e. The molecule has 0 aliphatic carbocycles. The lowest BCUT2D eigenvalue weighted by Gasteiger charge is -2.16. The topological polar surface area (TPSA) is 27.1 Å². The molecule has 0 spiro atoms. The molecule has 0 unspecified atom stereocenters. The Hall–Kier alpha value is -0.350. The zero-order valence-corrected chi connectivity index (χ0v) is 12.1. The molecule has 92 valence electrons. The van der Waals surface area contributed by atoms with Crippen molar-refractivity contribution in [2.75, 3.05) is 0 Å². The molecule has 0 amide bonds. The van der Waals surface area contributed by atoms with Gasteiger partial charge in [0.25, 0.3) is 0 Å². The predicted octanol–water partition coefficient (Wildman–Crippen LogP) is 3.93. The zero-order valence-electron chi connectivity index (χ0n) is 10.5. The standard InChI is InChI=1S/C12H21BrN2O/c1-5-9(3)15-12(11(13)7-14-15)8-16-10(4)6-2/h7,9-10H,5-6,8H2,1-4H3/t9-,10+/m0/s1. The molecular formula is C12H21BrN2O. The van der Waals surface area contributed by atoms with Crippen molar-refractivity contribution in [1.29, 1.82) is 0 Å². The second-order valence-electron chi connectivity index (χ2n) is 4.17. The van der Waals surface area contributed by atoms with Crippen LogP contribution in [0.25, 0.3) is 0 Å². The van der Waals surface area contributed by atoms with Crippen LogP contribution < -0.4 is 0 Å². The van der Waals surface area contributed by atoms with E-state index in [9.17, 15) is 0 Å². The second kappa shape index (κ2) is 6.40. The first kappa shape index (κ1) is 13.7. The predicted molar refractivity (Wildman–Crippen MR) is 69.5 cm³/mol. The Balaban J connectivity index is 2.73. The van der Waals surface area contributed by atoms with E-state index in [1.807, 2.05) is 10.9 Å². The quantitative estimate of drug-likeness (QED) is 0.793. The molecule has 1 rings (SSSR count). The SMILES string of the molecule is CC[C@@H](C)OCc1c(Br)cnn1[C@@H](C)CC. The van der Waals surface area contributed by atoms with Gasteiger partial charge in [-0.2, -0.15) is 5.10 Å². The van der Waals surface area contributed by atoms with Crippen molar-refractivity contribution in [2.24, 2.45) is 0 Å². The van der Waals surface area contributed by atoms with E-state index in [-0.39, 0.29) is 0 Å². The van der Waals surface area contributed by atoms with Crippen molar-refractivity contribution in [3.8, 4) is 0 Å². The maximum atomic E-state index is 5.76. The lowest BCUT2D eigenvalue weighted by molar-refractivity contribution is 0.0455. The van der Waals surface area contributed by atoms with Crippen LogP contribution in [0.5, 0.6) is 0 Å². The van der Waals surface area contributed by atoms with E-state index in [4.69, 9.17) is 4.74 Å². The van der Waals surface area contributed by atoms with E-state index in [0.717, 1.165) is 23.0 Å². The molecule has 0 N–H and O–H groups in total. The number of rotatable bonds is 6. The van der Waals surface area contributed by atoms with E-state index in [1.165, 1.54) is 0 Å². The number of ether oxygens (including phenoxy) is 1. The summed E-state index contributed by atoms with van der Waals surface area (Å²) in [6, 6.07) is 0.418. The fourth-order valence-electron chi connectivity index (χ4n) is 1.39. The van der Waals surface area contributed by atoms with Gasteiger partial charge in [0, 0.05) is 6.04 Å². The molecule has 3 nitrogen and oxygen atoms in total. The van der Waals surface area contributed by atoms with E-state index < -0.39 is 0 Å². The maximum Gasteiger partial charge on any atom is 0.0900 e. The van der Waals surface area contributed by atoms with Gasteiger partial charge >= 0.3 is 0 Å². The van der Waals surface area contributed by atoms with E-state index >= 15 is 0 Å². The first-order chi connectivity index (χ1) is 7.60. The third-order valence-corrected chi connectivity index (χ3v) is 3.60. The number of halogens is 1. The summed E-state index contributed by atoms with van der Waals surface area (Å²) >= 11 is 3.52. The maximum absolute atomic E-state index is 5.76. The molecule has 0 radical (unpaired) electrons. The fraction of sp³-hybridized carbons (Fsp3) is 0.750. The van der Waals surface area contributed by atoms with Gasteiger partial charge in [-0.25, -0.2) is 0 Å². The molecular weight excluding hydrogens is 268 g/mol. The molecule has 0 aliphatic heterocycles. The van der Waals surface area contributed by atoms with Crippen LogP contribution in [0.4, 0.5) is 0 Å². The minimum absolute atomic E-state index is 0.298. The first-order valence-electron chi connectivity index (χ1n) is 5.93. The second-order valence-corrected chi connectivity index (χ2v) is 5.03. The van der Waals surface area contributed by atoms with E-state index in [2.05, 4.69) is 48.7 Å². The average Bonchev–Trinajstić information content (AvgIpc) is 2.66. The Morgan fingerprint density at radius 3 is 2.62 bits per heavy atom. The molecule has 0 bridgehead atoms. The molecule has 0 aliphatic rings. The minimum Gasteiger partial charge on any atom is -0.372 e. The van der Waals surface area contributed by atoms with Crippen molar-refractivity contribution in [3.63, 3.8) is 0 Å². The van der Waals surface area contributed by atoms with Crippen LogP contribution in [0, 0.1) is 0 Å². The van der Waals surface area contributed by atoms with Gasteiger partial charge in [0.1, 0.15) is 0 Å². The van der Waals surface area contributed by atoms with Gasteiger partial charge in [-0.3, -0.25) is 4.68 Å². The molecule has 0 saturated heterocycles. The normalized spacial score (nSPS) is 15.1. The summed E-state index contributed by atoms with van der Waals surface area (Å²) < 4.78 is 8.85. The number of aromatic nitrogens is 2. The van der Waals surface area contributed by atoms with Gasteiger partial charge in [-0.1, -0.05) is 13.8 Å². The molecule has 0 fully saturated rings. The summed E-state index contributed by atoms with van der Waals surface area (Å²) in [5.41, 5.74) is 1.13. The summed E-state index contributed by atoms with van der Waals surface area (Å²) in [6.45, 7) is 9.19. The highest BCUT2D eigenvalue weighted by atomic mass is 79.9. The molecule has 0 saturated carbocycles. The monoisotopic (exact) mass is 288 g/mol. The van der Waals surface area contributed by atoms with Crippen molar-refractivity contribution >= 4 is 15.9 Å². The van der Waals surface area contributed by atoms with E-state index in [0.29, 0.717) is 18.8 Å². The van der Waals surface area contributed by atoms with Gasteiger partial charge in [0.15, 0.2) is 0 Å². The fourth-order valence-corrected chi connectivity index (χ4v) is 1.78. The summed E-state index contributed by atoms with van der Waals surface area (Å²) in [5, 5.41) is 4.38. The van der Waals surface area contributed by atoms with Crippen LogP contribution in [0.3, 0.4) is 0 Å². The lowest BCUT2D eigenvalue weighted by atomic mass is 10.2. The highest BCUT2D eigenvalue weighted by Crippen LogP contribution is 2.22. The summed E-state index contributed by atoms with van der Waals surface area (Å²) in [7, 11) is 0. The van der Waals surface area contributed by atoms with Crippen LogP contribution in [-0.2, 0) is 11.3 Å². The molecule has 0 aromatic carbocycles. The zero-order chi connectivity index (χ0) is 12.1. The summed E-state index contributed by atoms with van der Waals surface area (Å²) in [6.07, 6.45) is 4.26. The minimum atomic E-state index is 0.298. The Morgan fingerprint density at radius 2 is 2.06 bits per heavy atom. The van der Waals surface area contributed by atoms with E-state index in [1.54, 1.807) is 0 Å². The molecule has 4 heteroatoms. The lowest BCUT2D eigenvalue weighted by Crippen LogP contribution is -2.13. The Bertz CT molecular complexity index is 325. The van der Waals surface area contributed by atoms with Crippen molar-refractivity contribution in [2.45, 2.75) is 59.3 Å². The highest BCUT2D eigenvalue weighted by Gasteiger charge is 2.13. The van der Waals surface area contributed by atoms with Crippen LogP contribution >= 0.6 is 15.9 Å². The van der Waals surface area contributed by atoms with Crippen molar-refractivity contribution in [1.82, 2.24) is 9.78 Å². The van der Waals surface area contributed by atoms with Gasteiger partial charge in [0.05, 0.1) is 29.1 Å². The Labute approximate surface area is 106 Å². The van der Waals surface area contributed by atoms with Gasteiger partial charge in [-0.15, -0.1) is 0 Å². The van der Waals surface area contributed by atoms with Gasteiger partial charge in [-0.05, 0) is 42.6 Å². The Kier molecular flexibility index (Phi) is 5.49. The summed E-state index contributed by atoms with van der Waals surface area (Å²) in [5.74, 6) is 0. The third-order valence-electron chi connectivity index (χ3n) is 2.94. The first-order valence-corrected chi connectivity index (χ1v) is 6.72. The number of hydrogen-bond acceptors (Lipinski definition) is 2. The number of hydrogen-bond donors (Lipinski definition) is 0. The molecule has 1 aromatic rings. The molecule has 16 heavy (non-hydrogen) atoms. The van der Waals surface area contributed by atoms with Gasteiger partial charge in [0.2, 0.25) is 0 Å². The Morgan fingerprint density at radius 1 is 1.38 bits per heavy atom. The highest BCUT2D eigenvalue weighted by molar-refractivity contribution is 9.10. The summed E-state index contributed by atoms with van der Waals surface area (Å²) in [4.78, 5) is 0. The molecule has 1 aromatic heterocycles. The average molecular weight is 289 g/mol. The van der Waals surface area contributed by atoms with Gasteiger partial charge < -0.3 is 4.74 Å². The largest absolute Gasteiger partial charge is 0.372 e. The molecule has 1 heterocycles. The van der Waals surface area contributed by atoms with Crippen LogP contribution in [0.1, 0.15) is 52.3 Å². The van der Waals surface area contributed by atoms with Crippen LogP contribution in [-0.4, -0.2) is 15.9 Å². The molecule has 2 atom stereocenters. The van der Waals surface area contributed by atoms with Crippen molar-refractivity contribution < 1.29 is 4.74 Å². The number of nitrogens with zero attached hydrogens (tertiary/aromatic N) is 2. The van der Waals surface area contributed by atoms with Crippen LogP contribution in [0.2, 0.25) is 0 Å². The van der Waals surface area contributed by atoms with Crippen LogP contribution in [0.15, 0.2) is 10.7 Å². The third kappa shape index (κ3) is 3.32. The van der Waals surface area contributed by atoms with Crippen molar-refractivity contribution in [3.05, 3.63) is 16.4 Å².